The molecule has 8 heteroatoms. The Morgan fingerprint density at radius 3 is 2.42 bits per heavy atom. The third-order valence-corrected chi connectivity index (χ3v) is 3.07. The van der Waals surface area contributed by atoms with Gasteiger partial charge < -0.3 is 15.0 Å². The summed E-state index contributed by atoms with van der Waals surface area (Å²) in [5.41, 5.74) is -4.71. The number of ether oxygens (including phenoxy) is 1. The number of hydrogen-bond acceptors (Lipinski definition) is 4. The molecule has 1 N–H and O–H groups in total. The summed E-state index contributed by atoms with van der Waals surface area (Å²) in [6.45, 7) is 6.59. The van der Waals surface area contributed by atoms with Crippen LogP contribution in [-0.4, -0.2) is 53.5 Å². The van der Waals surface area contributed by atoms with Crippen molar-refractivity contribution in [1.82, 2.24) is 10.2 Å². The van der Waals surface area contributed by atoms with Gasteiger partial charge in [0.15, 0.2) is 0 Å². The van der Waals surface area contributed by atoms with Crippen LogP contribution in [0.1, 0.15) is 20.8 Å². The first-order valence-corrected chi connectivity index (χ1v) is 6.97. The first-order valence-electron chi connectivity index (χ1n) is 5.99. The van der Waals surface area contributed by atoms with Crippen molar-refractivity contribution in [3.05, 3.63) is 0 Å². The maximum atomic E-state index is 11.9. The maximum absolute atomic E-state index is 11.9. The van der Waals surface area contributed by atoms with Crippen molar-refractivity contribution in [2.45, 2.75) is 37.9 Å². The smallest absolute Gasteiger partial charge is 0.441 e. The highest BCUT2D eigenvalue weighted by atomic mass is 32.2. The van der Waals surface area contributed by atoms with Crippen LogP contribution in [0.2, 0.25) is 0 Å². The van der Waals surface area contributed by atoms with E-state index in [2.05, 4.69) is 5.32 Å². The fraction of sp³-hybridized carbons (Fsp3) is 0.909. The van der Waals surface area contributed by atoms with Gasteiger partial charge in [-0.3, -0.25) is 0 Å². The molecular weight excluding hydrogens is 281 g/mol. The molecule has 112 valence electrons. The van der Waals surface area contributed by atoms with Crippen molar-refractivity contribution in [3.63, 3.8) is 0 Å². The molecule has 19 heavy (non-hydrogen) atoms. The molecule has 0 aromatic heterocycles. The minimum Gasteiger partial charge on any atom is -0.444 e. The number of rotatable bonds is 4. The highest BCUT2D eigenvalue weighted by molar-refractivity contribution is 8.00. The van der Waals surface area contributed by atoms with Gasteiger partial charge in [0.25, 0.3) is 0 Å². The zero-order valence-corrected chi connectivity index (χ0v) is 12.0. The molecule has 0 radical (unpaired) electrons. The van der Waals surface area contributed by atoms with Crippen LogP contribution in [0.25, 0.3) is 0 Å². The van der Waals surface area contributed by atoms with E-state index < -0.39 is 11.1 Å². The van der Waals surface area contributed by atoms with E-state index in [0.29, 0.717) is 13.1 Å². The predicted molar refractivity (Wildman–Crippen MR) is 68.1 cm³/mol. The highest BCUT2D eigenvalue weighted by Crippen LogP contribution is 2.29. The number of halogens is 3. The summed E-state index contributed by atoms with van der Waals surface area (Å²) in [6.07, 6.45) is -0.379. The van der Waals surface area contributed by atoms with E-state index in [0.717, 1.165) is 0 Å². The van der Waals surface area contributed by atoms with Crippen LogP contribution in [0.4, 0.5) is 18.0 Å². The molecule has 0 spiro atoms. The lowest BCUT2D eigenvalue weighted by Gasteiger charge is -2.40. The number of likely N-dealkylation sites (tertiary alicyclic amines) is 1. The van der Waals surface area contributed by atoms with Crippen LogP contribution in [0.15, 0.2) is 0 Å². The standard InChI is InChI=1S/C11H19F3N2O2S/c1-10(2,3)18-9(17)16-6-8(7-16)15-4-5-19-11(12,13)14/h8,15H,4-7H2,1-3H3. The van der Waals surface area contributed by atoms with Crippen molar-refractivity contribution >= 4 is 17.9 Å². The van der Waals surface area contributed by atoms with Crippen molar-refractivity contribution < 1.29 is 22.7 Å². The number of carbonyl (C=O) groups is 1. The van der Waals surface area contributed by atoms with E-state index in [1.807, 2.05) is 0 Å². The van der Waals surface area contributed by atoms with E-state index in [1.54, 1.807) is 20.8 Å². The summed E-state index contributed by atoms with van der Waals surface area (Å²) in [5, 5.41) is 2.97. The topological polar surface area (TPSA) is 41.6 Å². The quantitative estimate of drug-likeness (QED) is 0.810. The van der Waals surface area contributed by atoms with Crippen LogP contribution in [0, 0.1) is 0 Å². The van der Waals surface area contributed by atoms with Gasteiger partial charge in [0.2, 0.25) is 0 Å². The van der Waals surface area contributed by atoms with E-state index in [9.17, 15) is 18.0 Å². The lowest BCUT2D eigenvalue weighted by Crippen LogP contribution is -2.60. The zero-order valence-electron chi connectivity index (χ0n) is 11.2. The molecule has 0 aliphatic carbocycles. The molecule has 0 unspecified atom stereocenters. The van der Waals surface area contributed by atoms with Gasteiger partial charge in [0.1, 0.15) is 5.60 Å². The minimum atomic E-state index is -4.18. The molecular formula is C11H19F3N2O2S. The van der Waals surface area contributed by atoms with Crippen LogP contribution < -0.4 is 5.32 Å². The molecule has 0 atom stereocenters. The molecule has 4 nitrogen and oxygen atoms in total. The highest BCUT2D eigenvalue weighted by Gasteiger charge is 2.33. The Balaban J connectivity index is 2.09. The Morgan fingerprint density at radius 2 is 1.95 bits per heavy atom. The van der Waals surface area contributed by atoms with Gasteiger partial charge >= 0.3 is 11.6 Å². The summed E-state index contributed by atoms with van der Waals surface area (Å²) in [4.78, 5) is 13.1. The molecule has 1 heterocycles. The average Bonchev–Trinajstić information content (AvgIpc) is 2.09. The van der Waals surface area contributed by atoms with Crippen molar-refractivity contribution in [2.75, 3.05) is 25.4 Å². The summed E-state index contributed by atoms with van der Waals surface area (Å²) in [6, 6.07) is 0.0568. The van der Waals surface area contributed by atoms with E-state index in [4.69, 9.17) is 4.74 Å². The van der Waals surface area contributed by atoms with Crippen LogP contribution in [-0.2, 0) is 4.74 Å². The molecule has 0 saturated carbocycles. The Kier molecular flexibility index (Phi) is 5.37. The van der Waals surface area contributed by atoms with Gasteiger partial charge in [0.05, 0.1) is 0 Å². The lowest BCUT2D eigenvalue weighted by molar-refractivity contribution is -0.0327. The monoisotopic (exact) mass is 300 g/mol. The molecule has 1 fully saturated rings. The Morgan fingerprint density at radius 1 is 1.37 bits per heavy atom. The van der Waals surface area contributed by atoms with Gasteiger partial charge in [-0.05, 0) is 32.5 Å². The summed E-state index contributed by atoms with van der Waals surface area (Å²) >= 11 is -0.0426. The molecule has 0 bridgehead atoms. The summed E-state index contributed by atoms with van der Waals surface area (Å²) in [7, 11) is 0. The molecule has 0 aromatic carbocycles. The van der Waals surface area contributed by atoms with Crippen molar-refractivity contribution in [1.29, 1.82) is 0 Å². The van der Waals surface area contributed by atoms with Crippen LogP contribution in [0.3, 0.4) is 0 Å². The van der Waals surface area contributed by atoms with Crippen LogP contribution in [0.5, 0.6) is 0 Å². The van der Waals surface area contributed by atoms with Crippen molar-refractivity contribution in [3.8, 4) is 0 Å². The second-order valence-corrected chi connectivity index (χ2v) is 6.49. The molecule has 1 aliphatic heterocycles. The first-order chi connectivity index (χ1) is 8.57. The van der Waals surface area contributed by atoms with E-state index in [-0.39, 0.29) is 36.2 Å². The van der Waals surface area contributed by atoms with Gasteiger partial charge in [-0.15, -0.1) is 0 Å². The fourth-order valence-electron chi connectivity index (χ4n) is 1.51. The second kappa shape index (κ2) is 6.21. The molecule has 1 rings (SSSR count). The largest absolute Gasteiger partial charge is 0.444 e. The number of nitrogens with zero attached hydrogens (tertiary/aromatic N) is 1. The zero-order chi connectivity index (χ0) is 14.7. The second-order valence-electron chi connectivity index (χ2n) is 5.33. The number of nitrogens with one attached hydrogen (secondary N) is 1. The van der Waals surface area contributed by atoms with Crippen molar-refractivity contribution in [2.24, 2.45) is 0 Å². The third-order valence-electron chi connectivity index (χ3n) is 2.33. The Labute approximate surface area is 115 Å². The number of alkyl halides is 3. The SMILES string of the molecule is CC(C)(C)OC(=O)N1CC(NCCSC(F)(F)F)C1. The number of carbonyl (C=O) groups excluding carboxylic acids is 1. The first kappa shape index (κ1) is 16.4. The van der Waals surface area contributed by atoms with Gasteiger partial charge in [-0.25, -0.2) is 4.79 Å². The average molecular weight is 300 g/mol. The Hall–Kier alpha value is -0.630. The minimum absolute atomic E-state index is 0.0214. The van der Waals surface area contributed by atoms with Gasteiger partial charge in [-0.2, -0.15) is 13.2 Å². The maximum Gasteiger partial charge on any atom is 0.441 e. The third kappa shape index (κ3) is 6.91. The summed E-state index contributed by atoms with van der Waals surface area (Å²) in [5.74, 6) is -0.0214. The molecule has 1 saturated heterocycles. The van der Waals surface area contributed by atoms with Gasteiger partial charge in [0, 0.05) is 31.4 Å². The summed E-state index contributed by atoms with van der Waals surface area (Å²) < 4.78 is 40.8. The number of hydrogen-bond donors (Lipinski definition) is 1. The van der Waals surface area contributed by atoms with E-state index in [1.165, 1.54) is 4.90 Å². The number of thioether (sulfide) groups is 1. The molecule has 1 amide bonds. The molecule has 1 aliphatic rings. The fourth-order valence-corrected chi connectivity index (χ4v) is 1.96. The lowest BCUT2D eigenvalue weighted by atomic mass is 10.1. The van der Waals surface area contributed by atoms with E-state index >= 15 is 0 Å². The predicted octanol–water partition coefficient (Wildman–Crippen LogP) is 2.45. The normalized spacial score (nSPS) is 17.3. The number of amides is 1. The van der Waals surface area contributed by atoms with Crippen LogP contribution >= 0.6 is 11.8 Å². The molecule has 0 aromatic rings. The van der Waals surface area contributed by atoms with Gasteiger partial charge in [-0.1, -0.05) is 0 Å². The Bertz CT molecular complexity index is 312.